The van der Waals surface area contributed by atoms with Crippen molar-refractivity contribution in [3.05, 3.63) is 0 Å². The molecule has 1 fully saturated rings. The van der Waals surface area contributed by atoms with Gasteiger partial charge in [-0.3, -0.25) is 0 Å². The molecule has 0 radical (unpaired) electrons. The maximum absolute atomic E-state index is 11.8. The summed E-state index contributed by atoms with van der Waals surface area (Å²) >= 11 is 0. The minimum absolute atomic E-state index is 0.0763. The molecule has 1 N–H and O–H groups in total. The molecule has 0 unspecified atom stereocenters. The minimum atomic E-state index is -3.08. The van der Waals surface area contributed by atoms with Crippen LogP contribution in [-0.2, 0) is 10.0 Å². The molecule has 0 aromatic carbocycles. The van der Waals surface area contributed by atoms with E-state index in [1.165, 1.54) is 0 Å². The van der Waals surface area contributed by atoms with Crippen molar-refractivity contribution in [2.75, 3.05) is 0 Å². The second kappa shape index (κ2) is 3.81. The first-order valence-corrected chi connectivity index (χ1v) is 6.83. The highest BCUT2D eigenvalue weighted by Gasteiger charge is 2.47. The predicted molar refractivity (Wildman–Crippen MR) is 58.5 cm³/mol. The average Bonchev–Trinajstić information content (AvgIpc) is 2.19. The zero-order valence-electron chi connectivity index (χ0n) is 9.61. The summed E-state index contributed by atoms with van der Waals surface area (Å²) in [6.07, 6.45) is 0. The topological polar surface area (TPSA) is 46.2 Å². The van der Waals surface area contributed by atoms with Crippen LogP contribution in [0.2, 0.25) is 0 Å². The van der Waals surface area contributed by atoms with Crippen LogP contribution < -0.4 is 4.72 Å². The van der Waals surface area contributed by atoms with Gasteiger partial charge >= 0.3 is 0 Å². The monoisotopic (exact) mass is 219 g/mol. The van der Waals surface area contributed by atoms with E-state index in [1.807, 2.05) is 20.8 Å². The van der Waals surface area contributed by atoms with Gasteiger partial charge in [0.1, 0.15) is 0 Å². The van der Waals surface area contributed by atoms with Gasteiger partial charge in [0.2, 0.25) is 10.0 Å². The Morgan fingerprint density at radius 1 is 1.07 bits per heavy atom. The number of rotatable bonds is 2. The molecule has 1 rings (SSSR count). The second-order valence-electron chi connectivity index (χ2n) is 4.98. The molecular formula is C10H21NO2S. The van der Waals surface area contributed by atoms with Crippen LogP contribution in [0.4, 0.5) is 0 Å². The van der Waals surface area contributed by atoms with Gasteiger partial charge in [-0.1, -0.05) is 27.7 Å². The Hall–Kier alpha value is -0.0900. The second-order valence-corrected chi connectivity index (χ2v) is 6.85. The Morgan fingerprint density at radius 3 is 1.86 bits per heavy atom. The number of hydrogen-bond donors (Lipinski definition) is 1. The molecule has 1 aliphatic rings. The quantitative estimate of drug-likeness (QED) is 0.767. The van der Waals surface area contributed by atoms with Crippen molar-refractivity contribution in [2.24, 2.45) is 17.8 Å². The van der Waals surface area contributed by atoms with E-state index in [-0.39, 0.29) is 23.1 Å². The van der Waals surface area contributed by atoms with Gasteiger partial charge in [-0.2, -0.15) is 0 Å². The lowest BCUT2D eigenvalue weighted by Gasteiger charge is -2.26. The third kappa shape index (κ3) is 1.96. The summed E-state index contributed by atoms with van der Waals surface area (Å²) in [6.45, 7) is 10.1. The van der Waals surface area contributed by atoms with Gasteiger partial charge in [0.05, 0.1) is 5.25 Å². The van der Waals surface area contributed by atoms with Crippen molar-refractivity contribution < 1.29 is 8.42 Å². The zero-order valence-corrected chi connectivity index (χ0v) is 10.4. The third-order valence-corrected chi connectivity index (χ3v) is 5.37. The zero-order chi connectivity index (χ0) is 11.1. The van der Waals surface area contributed by atoms with E-state index in [2.05, 4.69) is 18.6 Å². The van der Waals surface area contributed by atoms with Gasteiger partial charge in [0.15, 0.2) is 0 Å². The van der Waals surface area contributed by atoms with Crippen LogP contribution in [0.5, 0.6) is 0 Å². The summed E-state index contributed by atoms with van der Waals surface area (Å²) in [5.74, 6) is 0.826. The average molecular weight is 219 g/mol. The Labute approximate surface area is 87.3 Å². The van der Waals surface area contributed by atoms with Crippen molar-refractivity contribution in [1.82, 2.24) is 4.72 Å². The Kier molecular flexibility index (Phi) is 3.26. The first kappa shape index (κ1) is 12.0. The largest absolute Gasteiger partial charge is 0.215 e. The Bertz CT molecular complexity index is 295. The predicted octanol–water partition coefficient (Wildman–Crippen LogP) is 1.60. The first-order chi connectivity index (χ1) is 6.27. The van der Waals surface area contributed by atoms with Gasteiger partial charge < -0.3 is 0 Å². The molecule has 0 aliphatic carbocycles. The molecule has 0 aromatic rings. The van der Waals surface area contributed by atoms with Crippen LogP contribution in [0.25, 0.3) is 0 Å². The van der Waals surface area contributed by atoms with Crippen LogP contribution in [0.15, 0.2) is 0 Å². The molecule has 1 heterocycles. The number of hydrogen-bond acceptors (Lipinski definition) is 2. The van der Waals surface area contributed by atoms with Crippen LogP contribution in [-0.4, -0.2) is 19.7 Å². The molecule has 3 nitrogen and oxygen atoms in total. The van der Waals surface area contributed by atoms with Gasteiger partial charge in [-0.15, -0.1) is 0 Å². The lowest BCUT2D eigenvalue weighted by atomic mass is 9.83. The number of nitrogens with one attached hydrogen (secondary N) is 1. The summed E-state index contributed by atoms with van der Waals surface area (Å²) in [5, 5.41) is -0.225. The molecule has 84 valence electrons. The standard InChI is InChI=1S/C10H21NO2S/c1-6(2)9-8(5)11-14(12,13)10(9)7(3)4/h6-11H,1-5H3/t8-,9-,10-/m1/s1. The van der Waals surface area contributed by atoms with Crippen LogP contribution in [0.3, 0.4) is 0 Å². The fraction of sp³-hybridized carbons (Fsp3) is 1.00. The highest BCUT2D eigenvalue weighted by Crippen LogP contribution is 2.34. The SMILES string of the molecule is CC(C)[C@H]1[C@@H](C(C)C)S(=O)(=O)N[C@@H]1C. The van der Waals surface area contributed by atoms with Crippen molar-refractivity contribution >= 4 is 10.0 Å². The lowest BCUT2D eigenvalue weighted by Crippen LogP contribution is -2.33. The smallest absolute Gasteiger partial charge is 0.212 e. The summed E-state index contributed by atoms with van der Waals surface area (Å²) in [7, 11) is -3.08. The highest BCUT2D eigenvalue weighted by molar-refractivity contribution is 7.90. The fourth-order valence-corrected chi connectivity index (χ4v) is 5.18. The van der Waals surface area contributed by atoms with E-state index in [1.54, 1.807) is 0 Å². The van der Waals surface area contributed by atoms with E-state index in [0.717, 1.165) is 0 Å². The molecule has 3 atom stereocenters. The van der Waals surface area contributed by atoms with E-state index in [0.29, 0.717) is 5.92 Å². The third-order valence-electron chi connectivity index (χ3n) is 3.09. The highest BCUT2D eigenvalue weighted by atomic mass is 32.2. The molecular weight excluding hydrogens is 198 g/mol. The molecule has 14 heavy (non-hydrogen) atoms. The van der Waals surface area contributed by atoms with Gasteiger partial charge in [0, 0.05) is 6.04 Å². The molecule has 0 bridgehead atoms. The van der Waals surface area contributed by atoms with Crippen LogP contribution in [0, 0.1) is 17.8 Å². The molecule has 0 amide bonds. The maximum Gasteiger partial charge on any atom is 0.215 e. The molecule has 0 saturated carbocycles. The van der Waals surface area contributed by atoms with Crippen molar-refractivity contribution in [1.29, 1.82) is 0 Å². The number of sulfonamides is 1. The van der Waals surface area contributed by atoms with Crippen molar-refractivity contribution in [2.45, 2.75) is 45.9 Å². The van der Waals surface area contributed by atoms with E-state index >= 15 is 0 Å². The summed E-state index contributed by atoms with van der Waals surface area (Å²) < 4.78 is 26.4. The van der Waals surface area contributed by atoms with Crippen molar-refractivity contribution in [3.63, 3.8) is 0 Å². The Balaban J connectivity index is 3.05. The summed E-state index contributed by atoms with van der Waals surface area (Å²) in [6, 6.07) is 0.0763. The summed E-state index contributed by atoms with van der Waals surface area (Å²) in [5.41, 5.74) is 0. The van der Waals surface area contributed by atoms with Gasteiger partial charge in [0.25, 0.3) is 0 Å². The van der Waals surface area contributed by atoms with Gasteiger partial charge in [-0.25, -0.2) is 13.1 Å². The molecule has 0 spiro atoms. The van der Waals surface area contributed by atoms with Crippen LogP contribution in [0.1, 0.15) is 34.6 Å². The molecule has 4 heteroatoms. The normalized spacial score (nSPS) is 36.9. The Morgan fingerprint density at radius 2 is 1.57 bits per heavy atom. The van der Waals surface area contributed by atoms with E-state index in [9.17, 15) is 8.42 Å². The van der Waals surface area contributed by atoms with Crippen LogP contribution >= 0.6 is 0 Å². The molecule has 1 saturated heterocycles. The first-order valence-electron chi connectivity index (χ1n) is 5.28. The minimum Gasteiger partial charge on any atom is -0.212 e. The van der Waals surface area contributed by atoms with E-state index in [4.69, 9.17) is 0 Å². The lowest BCUT2D eigenvalue weighted by molar-refractivity contribution is 0.298. The summed E-state index contributed by atoms with van der Waals surface area (Å²) in [4.78, 5) is 0. The van der Waals surface area contributed by atoms with E-state index < -0.39 is 10.0 Å². The molecule has 1 aliphatic heterocycles. The molecule has 0 aromatic heterocycles. The van der Waals surface area contributed by atoms with Crippen molar-refractivity contribution in [3.8, 4) is 0 Å². The van der Waals surface area contributed by atoms with Gasteiger partial charge in [-0.05, 0) is 24.7 Å². The maximum atomic E-state index is 11.8. The fourth-order valence-electron chi connectivity index (χ4n) is 2.67.